The number of nitrogens with zero attached hydrogens (tertiary/aromatic N) is 1. The van der Waals surface area contributed by atoms with Crippen LogP contribution in [0, 0.1) is 5.41 Å². The first-order valence-corrected chi connectivity index (χ1v) is 6.38. The second-order valence-corrected chi connectivity index (χ2v) is 5.12. The van der Waals surface area contributed by atoms with Gasteiger partial charge in [0.15, 0.2) is 0 Å². The Morgan fingerprint density at radius 3 is 2.53 bits per heavy atom. The molecule has 0 bridgehead atoms. The second-order valence-electron chi connectivity index (χ2n) is 5.12. The zero-order valence-electron chi connectivity index (χ0n) is 11.1. The maximum atomic E-state index is 12.0. The summed E-state index contributed by atoms with van der Waals surface area (Å²) in [5.41, 5.74) is 9.71. The molecule has 0 aliphatic carbocycles. The number of carbonyl (C=O) groups is 3. The summed E-state index contributed by atoms with van der Waals surface area (Å²) in [5, 5.41) is 9.34. The number of carboxylic acid groups (broad SMARTS) is 1. The molecule has 108 valence electrons. The predicted octanol–water partition coefficient (Wildman–Crippen LogP) is -0.707. The number of carboxylic acids is 1. The molecule has 1 fully saturated rings. The lowest BCUT2D eigenvalue weighted by Crippen LogP contribution is -2.46. The maximum Gasteiger partial charge on any atom is 0.311 e. The molecule has 2 unspecified atom stereocenters. The molecule has 7 heteroatoms. The molecule has 1 rings (SSSR count). The van der Waals surface area contributed by atoms with E-state index in [1.54, 1.807) is 0 Å². The van der Waals surface area contributed by atoms with Crippen LogP contribution in [0.4, 0.5) is 0 Å². The van der Waals surface area contributed by atoms with Crippen LogP contribution in [0.15, 0.2) is 0 Å². The average Bonchev–Trinajstić information content (AvgIpc) is 2.73. The summed E-state index contributed by atoms with van der Waals surface area (Å²) in [6, 6.07) is -0.983. The van der Waals surface area contributed by atoms with Gasteiger partial charge in [-0.2, -0.15) is 0 Å². The van der Waals surface area contributed by atoms with Gasteiger partial charge in [-0.3, -0.25) is 14.4 Å². The predicted molar refractivity (Wildman–Crippen MR) is 68.0 cm³/mol. The summed E-state index contributed by atoms with van der Waals surface area (Å²) in [4.78, 5) is 35.6. The van der Waals surface area contributed by atoms with Crippen molar-refractivity contribution in [2.45, 2.75) is 38.6 Å². The fourth-order valence-corrected chi connectivity index (χ4v) is 2.56. The molecule has 2 amide bonds. The van der Waals surface area contributed by atoms with E-state index in [0.29, 0.717) is 19.4 Å². The number of aliphatic carboxylic acids is 1. The van der Waals surface area contributed by atoms with Crippen molar-refractivity contribution in [2.24, 2.45) is 16.9 Å². The first-order valence-electron chi connectivity index (χ1n) is 6.38. The zero-order chi connectivity index (χ0) is 14.6. The molecular formula is C12H21N3O4. The molecule has 0 aromatic carbocycles. The molecule has 0 spiro atoms. The van der Waals surface area contributed by atoms with Gasteiger partial charge in [0.05, 0.1) is 17.9 Å². The molecule has 1 aliphatic rings. The van der Waals surface area contributed by atoms with E-state index in [2.05, 4.69) is 0 Å². The van der Waals surface area contributed by atoms with Crippen LogP contribution in [-0.2, 0) is 14.4 Å². The maximum absolute atomic E-state index is 12.0. The second kappa shape index (κ2) is 6.01. The third-order valence-electron chi connectivity index (χ3n) is 3.59. The number of likely N-dealkylation sites (tertiary alicyclic amines) is 1. The highest BCUT2D eigenvalue weighted by Crippen LogP contribution is 2.35. The molecule has 0 aromatic rings. The number of rotatable bonds is 6. The smallest absolute Gasteiger partial charge is 0.311 e. The van der Waals surface area contributed by atoms with Crippen LogP contribution in [0.25, 0.3) is 0 Å². The first-order chi connectivity index (χ1) is 8.82. The van der Waals surface area contributed by atoms with E-state index in [1.807, 2.05) is 6.92 Å². The summed E-state index contributed by atoms with van der Waals surface area (Å²) in [6.07, 6.45) is 1.47. The monoisotopic (exact) mass is 271 g/mol. The molecule has 2 atom stereocenters. The lowest BCUT2D eigenvalue weighted by atomic mass is 9.83. The quantitative estimate of drug-likeness (QED) is 0.588. The van der Waals surface area contributed by atoms with Gasteiger partial charge in [0, 0.05) is 13.1 Å². The number of hydrogen-bond acceptors (Lipinski definition) is 4. The summed E-state index contributed by atoms with van der Waals surface area (Å²) in [6.45, 7) is 2.42. The van der Waals surface area contributed by atoms with Crippen molar-refractivity contribution in [1.29, 1.82) is 0 Å². The molecular weight excluding hydrogens is 250 g/mol. The minimum Gasteiger partial charge on any atom is -0.481 e. The van der Waals surface area contributed by atoms with Crippen molar-refractivity contribution in [3.63, 3.8) is 0 Å². The number of carbonyl (C=O) groups excluding carboxylic acids is 2. The number of hydrogen-bond donors (Lipinski definition) is 3. The van der Waals surface area contributed by atoms with Gasteiger partial charge in [0.1, 0.15) is 0 Å². The van der Waals surface area contributed by atoms with Gasteiger partial charge in [-0.15, -0.1) is 0 Å². The molecule has 7 nitrogen and oxygen atoms in total. The fraction of sp³-hybridized carbons (Fsp3) is 0.750. The Morgan fingerprint density at radius 2 is 2.05 bits per heavy atom. The fourth-order valence-electron chi connectivity index (χ4n) is 2.56. The van der Waals surface area contributed by atoms with E-state index in [1.165, 1.54) is 4.90 Å². The van der Waals surface area contributed by atoms with Gasteiger partial charge < -0.3 is 21.5 Å². The van der Waals surface area contributed by atoms with Crippen molar-refractivity contribution >= 4 is 17.8 Å². The van der Waals surface area contributed by atoms with Crippen LogP contribution in [0.1, 0.15) is 32.6 Å². The van der Waals surface area contributed by atoms with E-state index < -0.39 is 29.2 Å². The Bertz CT molecular complexity index is 385. The minimum atomic E-state index is -0.983. The number of nitrogens with two attached hydrogens (primary N) is 2. The van der Waals surface area contributed by atoms with Gasteiger partial charge in [-0.1, -0.05) is 13.3 Å². The van der Waals surface area contributed by atoms with Crippen LogP contribution in [-0.4, -0.2) is 46.9 Å². The van der Waals surface area contributed by atoms with Crippen LogP contribution in [0.5, 0.6) is 0 Å². The third kappa shape index (κ3) is 3.44. The van der Waals surface area contributed by atoms with E-state index in [9.17, 15) is 19.5 Å². The van der Waals surface area contributed by atoms with Crippen LogP contribution in [0.3, 0.4) is 0 Å². The lowest BCUT2D eigenvalue weighted by molar-refractivity contribution is -0.149. The van der Waals surface area contributed by atoms with E-state index in [-0.39, 0.29) is 13.0 Å². The van der Waals surface area contributed by atoms with Crippen molar-refractivity contribution in [1.82, 2.24) is 4.90 Å². The molecule has 1 aliphatic heterocycles. The summed E-state index contributed by atoms with van der Waals surface area (Å²) < 4.78 is 0. The Balaban J connectivity index is 2.71. The van der Waals surface area contributed by atoms with E-state index >= 15 is 0 Å². The Hall–Kier alpha value is -1.63. The standard InChI is InChI=1S/C12H21N3O4/c1-2-3-12(11(18)19)4-5-15(7-12)10(17)8(13)6-9(14)16/h8H,2-7,13H2,1H3,(H2,14,16)(H,18,19). The van der Waals surface area contributed by atoms with Crippen molar-refractivity contribution in [2.75, 3.05) is 13.1 Å². The normalized spacial score (nSPS) is 24.2. The molecule has 1 saturated heterocycles. The topological polar surface area (TPSA) is 127 Å². The highest BCUT2D eigenvalue weighted by molar-refractivity contribution is 5.88. The average molecular weight is 271 g/mol. The highest BCUT2D eigenvalue weighted by atomic mass is 16.4. The van der Waals surface area contributed by atoms with Crippen molar-refractivity contribution < 1.29 is 19.5 Å². The van der Waals surface area contributed by atoms with Crippen molar-refractivity contribution in [3.8, 4) is 0 Å². The molecule has 19 heavy (non-hydrogen) atoms. The Labute approximate surface area is 111 Å². The number of primary amides is 1. The Morgan fingerprint density at radius 1 is 1.42 bits per heavy atom. The molecule has 0 aromatic heterocycles. The summed E-state index contributed by atoms with van der Waals surface area (Å²) in [7, 11) is 0. The van der Waals surface area contributed by atoms with Gasteiger partial charge in [0.2, 0.25) is 11.8 Å². The van der Waals surface area contributed by atoms with Crippen LogP contribution >= 0.6 is 0 Å². The largest absolute Gasteiger partial charge is 0.481 e. The van der Waals surface area contributed by atoms with Gasteiger partial charge in [-0.05, 0) is 12.8 Å². The van der Waals surface area contributed by atoms with E-state index in [0.717, 1.165) is 6.42 Å². The van der Waals surface area contributed by atoms with Gasteiger partial charge in [-0.25, -0.2) is 0 Å². The van der Waals surface area contributed by atoms with Crippen molar-refractivity contribution in [3.05, 3.63) is 0 Å². The van der Waals surface area contributed by atoms with E-state index in [4.69, 9.17) is 11.5 Å². The number of amides is 2. The van der Waals surface area contributed by atoms with Gasteiger partial charge >= 0.3 is 5.97 Å². The third-order valence-corrected chi connectivity index (χ3v) is 3.59. The SMILES string of the molecule is CCCC1(C(=O)O)CCN(C(=O)C(N)CC(N)=O)C1. The molecule has 0 radical (unpaired) electrons. The summed E-state index contributed by atoms with van der Waals surface area (Å²) in [5.74, 6) is -1.93. The highest BCUT2D eigenvalue weighted by Gasteiger charge is 2.46. The lowest BCUT2D eigenvalue weighted by Gasteiger charge is -2.25. The van der Waals surface area contributed by atoms with Gasteiger partial charge in [0.25, 0.3) is 0 Å². The molecule has 0 saturated carbocycles. The molecule has 5 N–H and O–H groups in total. The van der Waals surface area contributed by atoms with Crippen LogP contribution < -0.4 is 11.5 Å². The first kappa shape index (κ1) is 15.4. The van der Waals surface area contributed by atoms with Crippen LogP contribution in [0.2, 0.25) is 0 Å². The summed E-state index contributed by atoms with van der Waals surface area (Å²) >= 11 is 0. The minimum absolute atomic E-state index is 0.154. The Kier molecular flexibility index (Phi) is 4.88. The zero-order valence-corrected chi connectivity index (χ0v) is 11.1. The molecule has 1 heterocycles.